The lowest BCUT2D eigenvalue weighted by Gasteiger charge is -2.36. The average molecular weight is 430 g/mol. The van der Waals surface area contributed by atoms with E-state index in [9.17, 15) is 8.42 Å². The average Bonchev–Trinajstić information content (AvgIpc) is 2.63. The molecule has 1 saturated heterocycles. The summed E-state index contributed by atoms with van der Waals surface area (Å²) >= 11 is 7.29. The smallest absolute Gasteiger partial charge is 0.243 e. The van der Waals surface area contributed by atoms with Gasteiger partial charge in [0.15, 0.2) is 5.11 Å². The molecule has 1 aliphatic heterocycles. The van der Waals surface area contributed by atoms with Gasteiger partial charge in [-0.2, -0.15) is 16.1 Å². The molecule has 0 saturated carbocycles. The van der Waals surface area contributed by atoms with Crippen LogP contribution in [0.5, 0.6) is 0 Å². The summed E-state index contributed by atoms with van der Waals surface area (Å²) in [5.74, 6) is 1.11. The zero-order valence-corrected chi connectivity index (χ0v) is 19.4. The van der Waals surface area contributed by atoms with Crippen molar-refractivity contribution in [3.63, 3.8) is 0 Å². The number of hydrogen-bond donors (Lipinski definition) is 1. The van der Waals surface area contributed by atoms with E-state index in [1.54, 1.807) is 4.31 Å². The summed E-state index contributed by atoms with van der Waals surface area (Å²) in [4.78, 5) is 2.55. The van der Waals surface area contributed by atoms with Crippen molar-refractivity contribution in [2.24, 2.45) is 0 Å². The Kier molecular flexibility index (Phi) is 7.97. The number of nitrogens with one attached hydrogen (secondary N) is 1. The maximum Gasteiger partial charge on any atom is 0.243 e. The molecular weight excluding hydrogens is 398 g/mol. The highest BCUT2D eigenvalue weighted by molar-refractivity contribution is 7.98. The van der Waals surface area contributed by atoms with Gasteiger partial charge in [-0.25, -0.2) is 8.42 Å². The van der Waals surface area contributed by atoms with E-state index < -0.39 is 10.0 Å². The van der Waals surface area contributed by atoms with Crippen LogP contribution < -0.4 is 5.32 Å². The number of thiocarbonyl (C=S) groups is 1. The Morgan fingerprint density at radius 1 is 1.11 bits per heavy atom. The van der Waals surface area contributed by atoms with E-state index in [4.69, 9.17) is 12.2 Å². The molecule has 0 aliphatic carbocycles. The summed E-state index contributed by atoms with van der Waals surface area (Å²) in [5, 5.41) is 4.01. The molecule has 0 bridgehead atoms. The van der Waals surface area contributed by atoms with Gasteiger partial charge in [0.05, 0.1) is 4.90 Å². The Labute approximate surface area is 173 Å². The normalized spacial score (nSPS) is 15.8. The molecule has 0 unspecified atom stereocenters. The standard InChI is InChI=1S/C19H31N3O2S3/c1-14-13-15(2)17(4)18(16(14)3)27(23,24)22-10-8-21(9-11-22)19(25)20-7-6-12-26-5/h13H,6-12H2,1-5H3,(H,20,25). The van der Waals surface area contributed by atoms with Crippen LogP contribution in [-0.2, 0) is 10.0 Å². The second-order valence-corrected chi connectivity index (χ2v) is 10.3. The summed E-state index contributed by atoms with van der Waals surface area (Å²) in [7, 11) is -3.50. The Hall–Kier alpha value is -0.830. The molecule has 152 valence electrons. The third-order valence-electron chi connectivity index (χ3n) is 5.22. The van der Waals surface area contributed by atoms with Crippen molar-refractivity contribution in [3.05, 3.63) is 28.3 Å². The lowest BCUT2D eigenvalue weighted by Crippen LogP contribution is -2.53. The van der Waals surface area contributed by atoms with Gasteiger partial charge in [0.25, 0.3) is 0 Å². The van der Waals surface area contributed by atoms with Crippen molar-refractivity contribution in [3.8, 4) is 0 Å². The minimum Gasteiger partial charge on any atom is -0.363 e. The van der Waals surface area contributed by atoms with Crippen LogP contribution in [0, 0.1) is 27.7 Å². The van der Waals surface area contributed by atoms with E-state index in [0.717, 1.165) is 46.1 Å². The Balaban J connectivity index is 2.07. The molecule has 1 heterocycles. The Morgan fingerprint density at radius 2 is 1.67 bits per heavy atom. The van der Waals surface area contributed by atoms with Crippen LogP contribution in [0.15, 0.2) is 11.0 Å². The van der Waals surface area contributed by atoms with Gasteiger partial charge in [0.1, 0.15) is 0 Å². The second kappa shape index (κ2) is 9.58. The number of rotatable bonds is 6. The van der Waals surface area contributed by atoms with Crippen molar-refractivity contribution in [1.29, 1.82) is 0 Å². The van der Waals surface area contributed by atoms with Gasteiger partial charge in [-0.3, -0.25) is 0 Å². The van der Waals surface area contributed by atoms with Crippen LogP contribution in [0.3, 0.4) is 0 Å². The van der Waals surface area contributed by atoms with Crippen molar-refractivity contribution in [2.45, 2.75) is 39.0 Å². The first-order chi connectivity index (χ1) is 12.7. The fourth-order valence-corrected chi connectivity index (χ4v) is 6.07. The first-order valence-corrected chi connectivity index (χ1v) is 12.5. The lowest BCUT2D eigenvalue weighted by atomic mass is 10.0. The molecule has 2 rings (SSSR count). The molecule has 8 heteroatoms. The molecule has 0 aromatic heterocycles. The van der Waals surface area contributed by atoms with Gasteiger partial charge in [-0.1, -0.05) is 6.07 Å². The molecule has 1 N–H and O–H groups in total. The topological polar surface area (TPSA) is 52.6 Å². The number of aryl methyl sites for hydroxylation is 2. The highest BCUT2D eigenvalue weighted by Crippen LogP contribution is 2.29. The molecule has 5 nitrogen and oxygen atoms in total. The van der Waals surface area contributed by atoms with E-state index in [1.807, 2.05) is 39.5 Å². The van der Waals surface area contributed by atoms with Gasteiger partial charge >= 0.3 is 0 Å². The third-order valence-corrected chi connectivity index (χ3v) is 8.50. The number of piperazine rings is 1. The lowest BCUT2D eigenvalue weighted by molar-refractivity contribution is 0.264. The summed E-state index contributed by atoms with van der Waals surface area (Å²) in [6, 6.07) is 2.06. The Bertz CT molecular complexity index is 760. The summed E-state index contributed by atoms with van der Waals surface area (Å²) in [5.41, 5.74) is 3.75. The minimum atomic E-state index is -3.50. The van der Waals surface area contributed by atoms with E-state index in [2.05, 4.69) is 22.5 Å². The van der Waals surface area contributed by atoms with E-state index >= 15 is 0 Å². The van der Waals surface area contributed by atoms with Crippen LogP contribution in [0.2, 0.25) is 0 Å². The largest absolute Gasteiger partial charge is 0.363 e. The van der Waals surface area contributed by atoms with Crippen LogP contribution in [0.25, 0.3) is 0 Å². The second-order valence-electron chi connectivity index (χ2n) is 7.06. The quantitative estimate of drug-likeness (QED) is 0.554. The number of sulfonamides is 1. The molecule has 27 heavy (non-hydrogen) atoms. The first-order valence-electron chi connectivity index (χ1n) is 9.29. The van der Waals surface area contributed by atoms with Crippen molar-refractivity contribution in [1.82, 2.24) is 14.5 Å². The molecule has 1 fully saturated rings. The van der Waals surface area contributed by atoms with Gasteiger partial charge in [-0.05, 0) is 80.6 Å². The third kappa shape index (κ3) is 5.16. The van der Waals surface area contributed by atoms with Crippen LogP contribution in [0.1, 0.15) is 28.7 Å². The molecule has 0 radical (unpaired) electrons. The fourth-order valence-electron chi connectivity index (χ4n) is 3.35. The number of thioether (sulfide) groups is 1. The molecule has 0 atom stereocenters. The highest BCUT2D eigenvalue weighted by Gasteiger charge is 2.32. The van der Waals surface area contributed by atoms with E-state index in [-0.39, 0.29) is 0 Å². The fraction of sp³-hybridized carbons (Fsp3) is 0.632. The monoisotopic (exact) mass is 429 g/mol. The van der Waals surface area contributed by atoms with Gasteiger partial charge in [-0.15, -0.1) is 0 Å². The molecular formula is C19H31N3O2S3. The molecule has 1 aromatic carbocycles. The van der Waals surface area contributed by atoms with Crippen LogP contribution in [-0.4, -0.2) is 67.5 Å². The number of nitrogens with zero attached hydrogens (tertiary/aromatic N) is 2. The van der Waals surface area contributed by atoms with Gasteiger partial charge in [0.2, 0.25) is 10.0 Å². The summed E-state index contributed by atoms with van der Waals surface area (Å²) in [6.07, 6.45) is 3.16. The number of hydrogen-bond acceptors (Lipinski definition) is 4. The molecule has 0 amide bonds. The van der Waals surface area contributed by atoms with Crippen LogP contribution >= 0.6 is 24.0 Å². The maximum absolute atomic E-state index is 13.3. The SMILES string of the molecule is CSCCCNC(=S)N1CCN(S(=O)(=O)c2c(C)c(C)cc(C)c2C)CC1. The predicted octanol–water partition coefficient (Wildman–Crippen LogP) is 2.85. The summed E-state index contributed by atoms with van der Waals surface area (Å²) in [6.45, 7) is 10.8. The predicted molar refractivity (Wildman–Crippen MR) is 119 cm³/mol. The molecule has 1 aliphatic rings. The van der Waals surface area contributed by atoms with Crippen molar-refractivity contribution < 1.29 is 8.42 Å². The van der Waals surface area contributed by atoms with E-state index in [1.165, 1.54) is 0 Å². The van der Waals surface area contributed by atoms with Crippen molar-refractivity contribution in [2.75, 3.05) is 44.7 Å². The van der Waals surface area contributed by atoms with E-state index in [0.29, 0.717) is 31.1 Å². The first kappa shape index (κ1) is 22.5. The molecule has 1 aromatic rings. The van der Waals surface area contributed by atoms with Crippen molar-refractivity contribution >= 4 is 39.1 Å². The number of benzene rings is 1. The zero-order valence-electron chi connectivity index (χ0n) is 17.0. The minimum absolute atomic E-state index is 0.459. The zero-order chi connectivity index (χ0) is 20.2. The maximum atomic E-state index is 13.3. The highest BCUT2D eigenvalue weighted by atomic mass is 32.2. The summed E-state index contributed by atoms with van der Waals surface area (Å²) < 4.78 is 28.2. The Morgan fingerprint density at radius 3 is 2.19 bits per heavy atom. The van der Waals surface area contributed by atoms with Gasteiger partial charge < -0.3 is 10.2 Å². The molecule has 0 spiro atoms. The van der Waals surface area contributed by atoms with Gasteiger partial charge in [0, 0.05) is 32.7 Å². The van der Waals surface area contributed by atoms with Crippen LogP contribution in [0.4, 0.5) is 0 Å².